The van der Waals surface area contributed by atoms with E-state index in [1.54, 1.807) is 0 Å². The molecule has 4 aromatic carbocycles. The van der Waals surface area contributed by atoms with Crippen molar-refractivity contribution in [3.63, 3.8) is 0 Å². The molecule has 0 spiro atoms. The molecule has 50 heavy (non-hydrogen) atoms. The first-order chi connectivity index (χ1) is 24.2. The third kappa shape index (κ3) is 6.96. The number of ether oxygens (including phenoxy) is 1. The van der Waals surface area contributed by atoms with Gasteiger partial charge in [0.2, 0.25) is 0 Å². The Labute approximate surface area is 296 Å². The van der Waals surface area contributed by atoms with Gasteiger partial charge in [-0.25, -0.2) is 9.67 Å². The molecule has 5 heteroatoms. The van der Waals surface area contributed by atoms with E-state index in [0.717, 1.165) is 46.9 Å². The topological polar surface area (TPSA) is 44.9 Å². The first-order valence-electron chi connectivity index (χ1n) is 18.2. The third-order valence-corrected chi connectivity index (χ3v) is 9.72. The van der Waals surface area contributed by atoms with Crippen LogP contribution in [0.15, 0.2) is 116 Å². The van der Waals surface area contributed by atoms with Crippen molar-refractivity contribution in [2.24, 2.45) is 11.8 Å². The van der Waals surface area contributed by atoms with Crippen LogP contribution in [-0.4, -0.2) is 19.3 Å². The molecule has 0 N–H and O–H groups in total. The third-order valence-electron chi connectivity index (χ3n) is 9.72. The summed E-state index contributed by atoms with van der Waals surface area (Å²) in [7, 11) is 0. The van der Waals surface area contributed by atoms with Crippen LogP contribution in [0, 0.1) is 11.8 Å². The second-order valence-electron chi connectivity index (χ2n) is 14.7. The molecule has 0 saturated heterocycles. The summed E-state index contributed by atoms with van der Waals surface area (Å²) in [4.78, 5) is 4.81. The highest BCUT2D eigenvalue weighted by Crippen LogP contribution is 2.36. The van der Waals surface area contributed by atoms with Gasteiger partial charge in [-0.2, -0.15) is 5.10 Å². The van der Waals surface area contributed by atoms with Crippen LogP contribution in [0.25, 0.3) is 44.4 Å². The second-order valence-corrected chi connectivity index (χ2v) is 14.7. The van der Waals surface area contributed by atoms with Gasteiger partial charge in [-0.1, -0.05) is 84.0 Å². The van der Waals surface area contributed by atoms with Crippen LogP contribution in [-0.2, 0) is 12.8 Å². The Balaban J connectivity index is 1.21. The fourth-order valence-corrected chi connectivity index (χ4v) is 6.92. The lowest BCUT2D eigenvalue weighted by Gasteiger charge is -2.16. The van der Waals surface area contributed by atoms with Crippen molar-refractivity contribution in [3.8, 4) is 34.1 Å². The molecule has 7 rings (SSSR count). The van der Waals surface area contributed by atoms with E-state index in [0.29, 0.717) is 17.8 Å². The number of aromatic nitrogens is 4. The molecule has 254 valence electrons. The van der Waals surface area contributed by atoms with Crippen LogP contribution >= 0.6 is 0 Å². The molecule has 5 nitrogen and oxygen atoms in total. The van der Waals surface area contributed by atoms with Gasteiger partial charge in [0.05, 0.1) is 22.9 Å². The van der Waals surface area contributed by atoms with Crippen LogP contribution in [0.2, 0.25) is 0 Å². The maximum absolute atomic E-state index is 6.56. The standard InChI is InChI=1S/C45H48N4O/c1-30(2)17-19-33-11-9-12-34(20-18-31(3)4)45(33)36-28-47-48(29-36)37-13-10-14-38(26-37)50-39-21-22-41-40-15-7-8-16-42(40)49(43(41)27-39)44-25-35(32(5)6)23-24-46-44/h7-16,21-32H,17-20H2,1-6H3. The van der Waals surface area contributed by atoms with E-state index < -0.39 is 0 Å². The minimum absolute atomic E-state index is 0.411. The first-order valence-corrected chi connectivity index (χ1v) is 18.2. The average Bonchev–Trinajstić information content (AvgIpc) is 3.73. The van der Waals surface area contributed by atoms with Crippen molar-refractivity contribution < 1.29 is 4.74 Å². The average molecular weight is 661 g/mol. The Hall–Kier alpha value is -5.16. The van der Waals surface area contributed by atoms with Crippen LogP contribution in [0.5, 0.6) is 11.5 Å². The Kier molecular flexibility index (Phi) is 9.58. The summed E-state index contributed by atoms with van der Waals surface area (Å²) in [6.45, 7) is 13.6. The Morgan fingerprint density at radius 1 is 0.660 bits per heavy atom. The zero-order chi connectivity index (χ0) is 34.8. The summed E-state index contributed by atoms with van der Waals surface area (Å²) in [6.07, 6.45) is 10.6. The molecule has 0 amide bonds. The molecule has 0 aliphatic heterocycles. The van der Waals surface area contributed by atoms with Gasteiger partial charge >= 0.3 is 0 Å². The number of benzene rings is 4. The number of fused-ring (bicyclic) bond motifs is 3. The number of nitrogens with zero attached hydrogens (tertiary/aromatic N) is 4. The maximum atomic E-state index is 6.56. The van der Waals surface area contributed by atoms with Gasteiger partial charge in [-0.05, 0) is 108 Å². The number of aryl methyl sites for hydroxylation is 2. The van der Waals surface area contributed by atoms with Crippen molar-refractivity contribution in [1.82, 2.24) is 19.3 Å². The number of rotatable bonds is 12. The second kappa shape index (κ2) is 14.4. The fourth-order valence-electron chi connectivity index (χ4n) is 6.92. The Morgan fingerprint density at radius 2 is 1.36 bits per heavy atom. The van der Waals surface area contributed by atoms with Crippen molar-refractivity contribution >= 4 is 21.8 Å². The summed E-state index contributed by atoms with van der Waals surface area (Å²) in [6, 6.07) is 34.2. The van der Waals surface area contributed by atoms with E-state index in [2.05, 4.69) is 137 Å². The van der Waals surface area contributed by atoms with E-state index >= 15 is 0 Å². The monoisotopic (exact) mass is 660 g/mol. The molecule has 0 atom stereocenters. The van der Waals surface area contributed by atoms with Crippen LogP contribution in [0.1, 0.15) is 77.0 Å². The molecule has 0 bridgehead atoms. The van der Waals surface area contributed by atoms with E-state index in [1.807, 2.05) is 29.2 Å². The Bertz CT molecular complexity index is 2220. The predicted molar refractivity (Wildman–Crippen MR) is 208 cm³/mol. The highest BCUT2D eigenvalue weighted by molar-refractivity contribution is 6.09. The van der Waals surface area contributed by atoms with E-state index in [-0.39, 0.29) is 0 Å². The van der Waals surface area contributed by atoms with Gasteiger partial charge in [-0.15, -0.1) is 0 Å². The largest absolute Gasteiger partial charge is 0.457 e. The number of hydrogen-bond acceptors (Lipinski definition) is 3. The SMILES string of the molecule is CC(C)CCc1cccc(CCC(C)C)c1-c1cnn(-c2cccc(Oc3ccc4c5ccccc5n(-c5cc(C(C)C)ccn5)c4c3)c2)c1. The highest BCUT2D eigenvalue weighted by Gasteiger charge is 2.17. The van der Waals surface area contributed by atoms with Crippen molar-refractivity contribution in [3.05, 3.63) is 132 Å². The molecular weight excluding hydrogens is 613 g/mol. The van der Waals surface area contributed by atoms with Gasteiger partial charge in [0.1, 0.15) is 17.3 Å². The van der Waals surface area contributed by atoms with Gasteiger partial charge in [0.25, 0.3) is 0 Å². The quantitative estimate of drug-likeness (QED) is 0.131. The zero-order valence-corrected chi connectivity index (χ0v) is 30.2. The van der Waals surface area contributed by atoms with Gasteiger partial charge in [0.15, 0.2) is 0 Å². The smallest absolute Gasteiger partial charge is 0.137 e. The van der Waals surface area contributed by atoms with Gasteiger partial charge < -0.3 is 4.74 Å². The number of hydrogen-bond donors (Lipinski definition) is 0. The number of para-hydroxylation sites is 1. The normalized spacial score (nSPS) is 11.9. The minimum Gasteiger partial charge on any atom is -0.457 e. The summed E-state index contributed by atoms with van der Waals surface area (Å²) in [5.74, 6) is 4.17. The van der Waals surface area contributed by atoms with Gasteiger partial charge in [0, 0.05) is 40.9 Å². The maximum Gasteiger partial charge on any atom is 0.137 e. The summed E-state index contributed by atoms with van der Waals surface area (Å²) in [5.41, 5.74) is 9.76. The van der Waals surface area contributed by atoms with Crippen molar-refractivity contribution in [1.29, 1.82) is 0 Å². The predicted octanol–water partition coefficient (Wildman–Crippen LogP) is 12.1. The summed E-state index contributed by atoms with van der Waals surface area (Å²) in [5, 5.41) is 7.23. The molecular formula is C45H48N4O. The van der Waals surface area contributed by atoms with E-state index in [9.17, 15) is 0 Å². The zero-order valence-electron chi connectivity index (χ0n) is 30.2. The molecule has 3 aromatic heterocycles. The van der Waals surface area contributed by atoms with Crippen LogP contribution < -0.4 is 4.74 Å². The molecule has 0 fully saturated rings. The molecule has 0 aliphatic carbocycles. The van der Waals surface area contributed by atoms with E-state index in [1.165, 1.54) is 51.4 Å². The molecule has 0 saturated carbocycles. The Morgan fingerprint density at radius 3 is 2.10 bits per heavy atom. The lowest BCUT2D eigenvalue weighted by atomic mass is 9.89. The molecule has 3 heterocycles. The lowest BCUT2D eigenvalue weighted by Crippen LogP contribution is -2.00. The first kappa shape index (κ1) is 33.3. The lowest BCUT2D eigenvalue weighted by molar-refractivity contribution is 0.483. The molecule has 0 unspecified atom stereocenters. The molecule has 0 radical (unpaired) electrons. The fraction of sp³-hybridized carbons (Fsp3) is 0.289. The molecule has 0 aliphatic rings. The minimum atomic E-state index is 0.411. The van der Waals surface area contributed by atoms with Crippen molar-refractivity contribution in [2.45, 2.75) is 73.1 Å². The number of pyridine rings is 1. The van der Waals surface area contributed by atoms with Crippen molar-refractivity contribution in [2.75, 3.05) is 0 Å². The molecule has 7 aromatic rings. The van der Waals surface area contributed by atoms with Crippen LogP contribution in [0.4, 0.5) is 0 Å². The van der Waals surface area contributed by atoms with E-state index in [4.69, 9.17) is 14.8 Å². The summed E-state index contributed by atoms with van der Waals surface area (Å²) >= 11 is 0. The van der Waals surface area contributed by atoms with Gasteiger partial charge in [-0.3, -0.25) is 4.57 Å². The van der Waals surface area contributed by atoms with Crippen LogP contribution in [0.3, 0.4) is 0 Å². The highest BCUT2D eigenvalue weighted by atomic mass is 16.5. The summed E-state index contributed by atoms with van der Waals surface area (Å²) < 4.78 is 10.8.